The van der Waals surface area contributed by atoms with Crippen LogP contribution in [0.25, 0.3) is 0 Å². The van der Waals surface area contributed by atoms with Crippen LogP contribution >= 0.6 is 25.6 Å². The summed E-state index contributed by atoms with van der Waals surface area (Å²) < 4.78 is 32.3. The van der Waals surface area contributed by atoms with E-state index in [0.29, 0.717) is 0 Å². The Morgan fingerprint density at radius 3 is 1.67 bits per heavy atom. The van der Waals surface area contributed by atoms with E-state index < -0.39 is 16.3 Å². The summed E-state index contributed by atoms with van der Waals surface area (Å²) in [5.41, 5.74) is 0. The predicted octanol–water partition coefficient (Wildman–Crippen LogP) is -2.66. The molecule has 12 heavy (non-hydrogen) atoms. The van der Waals surface area contributed by atoms with Crippen LogP contribution in [-0.4, -0.2) is 9.80 Å². The number of hydrogen-bond acceptors (Lipinski definition) is 9. The van der Waals surface area contributed by atoms with Crippen molar-refractivity contribution in [3.8, 4) is 0 Å². The minimum atomic E-state index is -4.75. The Morgan fingerprint density at radius 2 is 1.58 bits per heavy atom. The van der Waals surface area contributed by atoms with Crippen LogP contribution in [0.4, 0.5) is 4.79 Å². The second-order valence-corrected chi connectivity index (χ2v) is 3.04. The molecule has 0 saturated heterocycles. The van der Waals surface area contributed by atoms with E-state index in [1.54, 1.807) is 0 Å². The van der Waals surface area contributed by atoms with Crippen LogP contribution in [0.3, 0.4) is 0 Å². The van der Waals surface area contributed by atoms with Gasteiger partial charge < -0.3 is 12.3 Å². The molecule has 1 amide bonds. The number of nitrogens with zero attached hydrogens (tertiary/aromatic N) is 1. The van der Waals surface area contributed by atoms with Crippen LogP contribution in [0.5, 0.6) is 0 Å². The SMILES string of the molecule is N.N.O=C(O[Cl+3]([O-])([O-])[O-])N(S)S. The predicted molar refractivity (Wildman–Crippen MR) is 36.3 cm³/mol. The Balaban J connectivity index is -0.000000405. The number of amides is 1. The lowest BCUT2D eigenvalue weighted by atomic mass is 11.3. The van der Waals surface area contributed by atoms with Gasteiger partial charge in [0.25, 0.3) is 0 Å². The smallest absolute Gasteiger partial charge is 0.344 e. The van der Waals surface area contributed by atoms with Gasteiger partial charge in [0.2, 0.25) is 0 Å². The van der Waals surface area contributed by atoms with Gasteiger partial charge >= 0.3 is 6.09 Å². The monoisotopic (exact) mass is 241 g/mol. The largest absolute Gasteiger partial charge is 0.584 e. The first kappa shape index (κ1) is 18.0. The highest BCUT2D eigenvalue weighted by Crippen LogP contribution is 2.03. The fourth-order valence-electron chi connectivity index (χ4n) is 0.112. The van der Waals surface area contributed by atoms with Crippen LogP contribution in [0.2, 0.25) is 0 Å². The Bertz CT molecular complexity index is 137. The maximum absolute atomic E-state index is 10.1. The zero-order valence-electron chi connectivity index (χ0n) is 5.68. The van der Waals surface area contributed by atoms with E-state index in [2.05, 4.69) is 29.9 Å². The summed E-state index contributed by atoms with van der Waals surface area (Å²) in [5, 5.41) is 0. The molecule has 11 heteroatoms. The van der Waals surface area contributed by atoms with Crippen molar-refractivity contribution in [3.05, 3.63) is 0 Å². The molecule has 0 spiro atoms. The van der Waals surface area contributed by atoms with E-state index in [-0.39, 0.29) is 16.0 Å². The summed E-state index contributed by atoms with van der Waals surface area (Å²) in [7, 11) is -4.75. The lowest BCUT2D eigenvalue weighted by Gasteiger charge is -2.11. The Kier molecular flexibility index (Phi) is 9.83. The van der Waals surface area contributed by atoms with Crippen molar-refractivity contribution in [1.29, 1.82) is 0 Å². The molecule has 0 aliphatic carbocycles. The van der Waals surface area contributed by atoms with Crippen LogP contribution in [-0.2, 0) is 4.29 Å². The summed E-state index contributed by atoms with van der Waals surface area (Å²) in [5.74, 6) is 0. The summed E-state index contributed by atoms with van der Waals surface area (Å²) in [6.45, 7) is 0. The maximum Gasteiger partial charge on any atom is 0.584 e. The molecule has 0 unspecified atom stereocenters. The molecule has 0 fully saturated rings. The van der Waals surface area contributed by atoms with Gasteiger partial charge in [-0.3, -0.25) is 0 Å². The first-order valence-corrected chi connectivity index (χ1v) is 3.68. The van der Waals surface area contributed by atoms with Crippen LogP contribution in [0.1, 0.15) is 0 Å². The second-order valence-electron chi connectivity index (χ2n) is 1.01. The standard InChI is InChI=1S/CH2ClNO5S2.2H3N/c4-1(3(9)10)8-2(5,6)7;;/h9-10H;2*1H3. The molecule has 0 radical (unpaired) electrons. The third-order valence-corrected chi connectivity index (χ3v) is 0.971. The first-order chi connectivity index (χ1) is 4.33. The second kappa shape index (κ2) is 6.56. The van der Waals surface area contributed by atoms with Crippen LogP contribution in [0.15, 0.2) is 0 Å². The Hall–Kier alpha value is 0.0600. The Morgan fingerprint density at radius 1 is 1.25 bits per heavy atom. The van der Waals surface area contributed by atoms with Crippen molar-refractivity contribution in [1.82, 2.24) is 16.0 Å². The van der Waals surface area contributed by atoms with E-state index in [0.717, 1.165) is 0 Å². The average molecular weight is 242 g/mol. The van der Waals surface area contributed by atoms with Gasteiger partial charge in [-0.05, 0) is 29.9 Å². The molecule has 0 saturated carbocycles. The number of hydrogen-bond donors (Lipinski definition) is 4. The molecule has 0 rings (SSSR count). The number of carbonyl (C=O) groups is 1. The molecule has 0 atom stereocenters. The minimum Gasteiger partial charge on any atom is -0.344 e. The quantitative estimate of drug-likeness (QED) is 0.363. The van der Waals surface area contributed by atoms with Crippen LogP contribution in [0, 0.1) is 10.2 Å². The number of rotatable bonds is 1. The molecule has 0 aromatic rings. The highest BCUT2D eigenvalue weighted by atomic mass is 35.7. The number of halogens is 1. The normalized spacial score (nSPS) is 9.08. The lowest BCUT2D eigenvalue weighted by molar-refractivity contribution is -1.92. The fourth-order valence-corrected chi connectivity index (χ4v) is 0.520. The van der Waals surface area contributed by atoms with Crippen LogP contribution < -0.4 is 26.3 Å². The molecule has 0 bridgehead atoms. The number of carbonyl (C=O) groups excluding carboxylic acids is 1. The Labute approximate surface area is 81.5 Å². The fraction of sp³-hybridized carbons (Fsp3) is 0. The van der Waals surface area contributed by atoms with Gasteiger partial charge in [0.05, 0.1) is 0 Å². The maximum atomic E-state index is 10.1. The molecule has 0 aliphatic heterocycles. The summed E-state index contributed by atoms with van der Waals surface area (Å²) in [4.78, 5) is 10.1. The molecule has 0 aromatic carbocycles. The summed E-state index contributed by atoms with van der Waals surface area (Å²) in [6.07, 6.45) is -1.48. The molecule has 6 N–H and O–H groups in total. The van der Waals surface area contributed by atoms with Crippen molar-refractivity contribution >= 4 is 31.7 Å². The average Bonchev–Trinajstić information content (AvgIpc) is 1.60. The lowest BCUT2D eigenvalue weighted by Crippen LogP contribution is -2.62. The molecular formula is CH8ClN3O5S2. The van der Waals surface area contributed by atoms with E-state index >= 15 is 0 Å². The molecule has 76 valence electrons. The zero-order valence-corrected chi connectivity index (χ0v) is 8.22. The molecular weight excluding hydrogens is 234 g/mol. The molecule has 0 aliphatic rings. The van der Waals surface area contributed by atoms with Crippen molar-refractivity contribution in [3.63, 3.8) is 0 Å². The van der Waals surface area contributed by atoms with E-state index in [1.165, 1.54) is 0 Å². The first-order valence-electron chi connectivity index (χ1n) is 1.65. The van der Waals surface area contributed by atoms with Crippen molar-refractivity contribution in [2.24, 2.45) is 0 Å². The summed E-state index contributed by atoms with van der Waals surface area (Å²) >= 11 is 6.44. The van der Waals surface area contributed by atoms with Gasteiger partial charge in [-0.1, -0.05) is 0 Å². The van der Waals surface area contributed by atoms with E-state index in [4.69, 9.17) is 0 Å². The highest BCUT2D eigenvalue weighted by molar-refractivity contribution is 7.94. The third kappa shape index (κ3) is 10.1. The van der Waals surface area contributed by atoms with Crippen molar-refractivity contribution in [2.45, 2.75) is 0 Å². The highest BCUT2D eigenvalue weighted by Gasteiger charge is 2.28. The van der Waals surface area contributed by atoms with Gasteiger partial charge in [0.15, 0.2) is 0 Å². The van der Waals surface area contributed by atoms with Gasteiger partial charge in [-0.15, -0.1) is 0 Å². The van der Waals surface area contributed by atoms with E-state index in [9.17, 15) is 18.8 Å². The van der Waals surface area contributed by atoms with Gasteiger partial charge in [-0.25, -0.2) is 4.79 Å². The van der Waals surface area contributed by atoms with Gasteiger partial charge in [0.1, 0.15) is 10.2 Å². The van der Waals surface area contributed by atoms with Crippen molar-refractivity contribution < 1.29 is 33.3 Å². The summed E-state index contributed by atoms with van der Waals surface area (Å²) in [6, 6.07) is 0. The molecule has 0 heterocycles. The zero-order chi connectivity index (χ0) is 8.36. The molecule has 0 aromatic heterocycles. The van der Waals surface area contributed by atoms with E-state index in [1.807, 2.05) is 0 Å². The van der Waals surface area contributed by atoms with Crippen molar-refractivity contribution in [2.75, 3.05) is 0 Å². The minimum absolute atomic E-state index is 0. The van der Waals surface area contributed by atoms with Gasteiger partial charge in [0, 0.05) is 0 Å². The van der Waals surface area contributed by atoms with Gasteiger partial charge in [-0.2, -0.15) is 17.7 Å². The topological polar surface area (TPSA) is 169 Å². The molecule has 8 nitrogen and oxygen atoms in total. The number of thiol groups is 2. The third-order valence-electron chi connectivity index (χ3n) is 0.324.